The molecule has 0 aliphatic carbocycles. The predicted molar refractivity (Wildman–Crippen MR) is 79.5 cm³/mol. The molecule has 0 amide bonds. The molecular weight excluding hydrogens is 276 g/mol. The van der Waals surface area contributed by atoms with E-state index in [1.54, 1.807) is 0 Å². The third-order valence-corrected chi connectivity index (χ3v) is 2.79. The third-order valence-electron chi connectivity index (χ3n) is 2.79. The Hall–Kier alpha value is -2.02. The summed E-state index contributed by atoms with van der Waals surface area (Å²) in [5.41, 5.74) is -0.135. The van der Waals surface area contributed by atoms with Crippen molar-refractivity contribution in [2.24, 2.45) is 0 Å². The van der Waals surface area contributed by atoms with Crippen LogP contribution < -0.4 is 19.5 Å². The second kappa shape index (κ2) is 8.31. The highest BCUT2D eigenvalue weighted by molar-refractivity contribution is 5.58. The van der Waals surface area contributed by atoms with Gasteiger partial charge in [0.2, 0.25) is 5.75 Å². The summed E-state index contributed by atoms with van der Waals surface area (Å²) in [7, 11) is 2.90. The molecule has 0 aliphatic rings. The summed E-state index contributed by atoms with van der Waals surface area (Å²) in [6.07, 6.45) is 0.754. The molecule has 118 valence electrons. The van der Waals surface area contributed by atoms with E-state index in [0.29, 0.717) is 24.1 Å². The Morgan fingerprint density at radius 1 is 1.19 bits per heavy atom. The summed E-state index contributed by atoms with van der Waals surface area (Å²) in [4.78, 5) is 10.6. The molecule has 0 radical (unpaired) electrons. The number of rotatable bonds is 9. The highest BCUT2D eigenvalue weighted by Gasteiger charge is 2.20. The van der Waals surface area contributed by atoms with Crippen molar-refractivity contribution in [1.82, 2.24) is 5.32 Å². The van der Waals surface area contributed by atoms with Crippen molar-refractivity contribution in [3.05, 3.63) is 22.2 Å². The zero-order valence-corrected chi connectivity index (χ0v) is 12.8. The van der Waals surface area contributed by atoms with Gasteiger partial charge in [0.15, 0.2) is 11.5 Å². The highest BCUT2D eigenvalue weighted by atomic mass is 16.6. The summed E-state index contributed by atoms with van der Waals surface area (Å²) in [6.45, 7) is 5.29. The fourth-order valence-corrected chi connectivity index (χ4v) is 1.75. The van der Waals surface area contributed by atoms with Gasteiger partial charge in [-0.25, -0.2) is 0 Å². The Morgan fingerprint density at radius 2 is 1.81 bits per heavy atom. The normalized spacial score (nSPS) is 10.5. The molecule has 7 heteroatoms. The molecule has 21 heavy (non-hydrogen) atoms. The molecular formula is C14H22N2O5. The smallest absolute Gasteiger partial charge is 0.314 e. The molecule has 0 spiro atoms. The molecule has 0 aliphatic heterocycles. The lowest BCUT2D eigenvalue weighted by Gasteiger charge is -2.12. The lowest BCUT2D eigenvalue weighted by atomic mass is 10.2. The van der Waals surface area contributed by atoms with E-state index in [9.17, 15) is 10.1 Å². The van der Waals surface area contributed by atoms with Crippen LogP contribution in [-0.4, -0.2) is 38.3 Å². The van der Waals surface area contributed by atoms with E-state index in [1.165, 1.54) is 26.4 Å². The number of hydrogen-bond donors (Lipinski definition) is 1. The van der Waals surface area contributed by atoms with Gasteiger partial charge in [-0.05, 0) is 13.0 Å². The van der Waals surface area contributed by atoms with Gasteiger partial charge in [0.25, 0.3) is 0 Å². The van der Waals surface area contributed by atoms with Gasteiger partial charge in [-0.3, -0.25) is 10.1 Å². The molecule has 0 heterocycles. The number of hydrogen-bond acceptors (Lipinski definition) is 6. The van der Waals surface area contributed by atoms with E-state index in [2.05, 4.69) is 19.2 Å². The van der Waals surface area contributed by atoms with Crippen molar-refractivity contribution in [3.63, 3.8) is 0 Å². The SMILES string of the molecule is COc1cc(OCCCNC(C)C)c([N+](=O)[O-])cc1OC. The molecule has 0 atom stereocenters. The molecule has 1 N–H and O–H groups in total. The molecule has 0 aromatic heterocycles. The molecule has 0 saturated heterocycles. The first-order valence-corrected chi connectivity index (χ1v) is 6.76. The van der Waals surface area contributed by atoms with Crippen LogP contribution in [0.4, 0.5) is 5.69 Å². The van der Waals surface area contributed by atoms with Crippen LogP contribution in [0.15, 0.2) is 12.1 Å². The molecule has 0 saturated carbocycles. The third kappa shape index (κ3) is 5.11. The Bertz CT molecular complexity index is 477. The van der Waals surface area contributed by atoms with Crippen molar-refractivity contribution in [3.8, 4) is 17.2 Å². The Labute approximate surface area is 124 Å². The van der Waals surface area contributed by atoms with E-state index < -0.39 is 4.92 Å². The fourth-order valence-electron chi connectivity index (χ4n) is 1.75. The van der Waals surface area contributed by atoms with E-state index in [-0.39, 0.29) is 11.4 Å². The molecule has 1 aromatic rings. The van der Waals surface area contributed by atoms with Crippen LogP contribution in [0.3, 0.4) is 0 Å². The number of nitrogens with one attached hydrogen (secondary N) is 1. The molecule has 1 rings (SSSR count). The first-order chi connectivity index (χ1) is 9.99. The maximum Gasteiger partial charge on any atom is 0.314 e. The van der Waals surface area contributed by atoms with Crippen molar-refractivity contribution in [1.29, 1.82) is 0 Å². The van der Waals surface area contributed by atoms with Gasteiger partial charge in [0, 0.05) is 12.1 Å². The highest BCUT2D eigenvalue weighted by Crippen LogP contribution is 2.39. The van der Waals surface area contributed by atoms with E-state index in [1.807, 2.05) is 0 Å². The molecule has 0 bridgehead atoms. The first-order valence-electron chi connectivity index (χ1n) is 6.76. The quantitative estimate of drug-likeness (QED) is 0.428. The topological polar surface area (TPSA) is 82.9 Å². The fraction of sp³-hybridized carbons (Fsp3) is 0.571. The van der Waals surface area contributed by atoms with Crippen LogP contribution in [0.1, 0.15) is 20.3 Å². The minimum absolute atomic E-state index is 0.135. The van der Waals surface area contributed by atoms with Gasteiger partial charge >= 0.3 is 5.69 Å². The number of nitro benzene ring substituents is 1. The predicted octanol–water partition coefficient (Wildman–Crippen LogP) is 2.38. The van der Waals surface area contributed by atoms with E-state index in [4.69, 9.17) is 14.2 Å². The van der Waals surface area contributed by atoms with Crippen LogP contribution >= 0.6 is 0 Å². The summed E-state index contributed by atoms with van der Waals surface area (Å²) >= 11 is 0. The molecule has 0 fully saturated rings. The zero-order chi connectivity index (χ0) is 15.8. The Balaban J connectivity index is 2.77. The largest absolute Gasteiger partial charge is 0.493 e. The van der Waals surface area contributed by atoms with E-state index >= 15 is 0 Å². The van der Waals surface area contributed by atoms with Gasteiger partial charge in [0.05, 0.1) is 31.8 Å². The van der Waals surface area contributed by atoms with Gasteiger partial charge in [0.1, 0.15) is 0 Å². The van der Waals surface area contributed by atoms with Crippen LogP contribution in [0.5, 0.6) is 17.2 Å². The number of benzene rings is 1. The van der Waals surface area contributed by atoms with Crippen LogP contribution in [0.25, 0.3) is 0 Å². The zero-order valence-electron chi connectivity index (χ0n) is 12.8. The maximum atomic E-state index is 11.1. The number of nitrogens with zero attached hydrogens (tertiary/aromatic N) is 1. The van der Waals surface area contributed by atoms with Gasteiger partial charge in [-0.15, -0.1) is 0 Å². The molecule has 1 aromatic carbocycles. The van der Waals surface area contributed by atoms with Crippen molar-refractivity contribution < 1.29 is 19.1 Å². The summed E-state index contributed by atoms with van der Waals surface area (Å²) in [5.74, 6) is 0.888. The minimum Gasteiger partial charge on any atom is -0.493 e. The van der Waals surface area contributed by atoms with Crippen LogP contribution in [-0.2, 0) is 0 Å². The van der Waals surface area contributed by atoms with Crippen LogP contribution in [0.2, 0.25) is 0 Å². The summed E-state index contributed by atoms with van der Waals surface area (Å²) in [5, 5.41) is 14.3. The van der Waals surface area contributed by atoms with Gasteiger partial charge in [-0.1, -0.05) is 13.8 Å². The number of ether oxygens (including phenoxy) is 3. The second-order valence-electron chi connectivity index (χ2n) is 4.74. The van der Waals surface area contributed by atoms with E-state index in [0.717, 1.165) is 13.0 Å². The average Bonchev–Trinajstić information content (AvgIpc) is 2.45. The number of nitro groups is 1. The van der Waals surface area contributed by atoms with Gasteiger partial charge in [-0.2, -0.15) is 0 Å². The second-order valence-corrected chi connectivity index (χ2v) is 4.74. The summed E-state index contributed by atoms with van der Waals surface area (Å²) in [6, 6.07) is 3.19. The van der Waals surface area contributed by atoms with Crippen molar-refractivity contribution in [2.45, 2.75) is 26.3 Å². The molecule has 7 nitrogen and oxygen atoms in total. The average molecular weight is 298 g/mol. The first kappa shape index (κ1) is 17.0. The minimum atomic E-state index is -0.496. The maximum absolute atomic E-state index is 11.1. The number of methoxy groups -OCH3 is 2. The Kier molecular flexibility index (Phi) is 6.74. The molecule has 0 unspecified atom stereocenters. The monoisotopic (exact) mass is 298 g/mol. The van der Waals surface area contributed by atoms with Gasteiger partial charge < -0.3 is 19.5 Å². The Morgan fingerprint density at radius 3 is 2.33 bits per heavy atom. The lowest BCUT2D eigenvalue weighted by molar-refractivity contribution is -0.386. The van der Waals surface area contributed by atoms with Crippen LogP contribution in [0, 0.1) is 10.1 Å². The lowest BCUT2D eigenvalue weighted by Crippen LogP contribution is -2.24. The van der Waals surface area contributed by atoms with Crippen molar-refractivity contribution in [2.75, 3.05) is 27.4 Å². The summed E-state index contributed by atoms with van der Waals surface area (Å²) < 4.78 is 15.7. The van der Waals surface area contributed by atoms with Crippen molar-refractivity contribution >= 4 is 5.69 Å². The standard InChI is InChI=1S/C14H22N2O5/c1-10(2)15-6-5-7-21-12-9-14(20-4)13(19-3)8-11(12)16(17)18/h8-10,15H,5-7H2,1-4H3.